The van der Waals surface area contributed by atoms with Gasteiger partial charge in [0.05, 0.1) is 0 Å². The molecule has 0 atom stereocenters. The van der Waals surface area contributed by atoms with Gasteiger partial charge in [0.1, 0.15) is 0 Å². The second kappa shape index (κ2) is 6.44. The van der Waals surface area contributed by atoms with Crippen LogP contribution >= 0.6 is 0 Å². The summed E-state index contributed by atoms with van der Waals surface area (Å²) in [6, 6.07) is 0. The van der Waals surface area contributed by atoms with E-state index in [1.807, 2.05) is 0 Å². The first kappa shape index (κ1) is 15.8. The van der Waals surface area contributed by atoms with E-state index in [-0.39, 0.29) is 0 Å². The maximum atomic E-state index is 6.98. The van der Waals surface area contributed by atoms with Gasteiger partial charge in [-0.05, 0) is 37.3 Å². The zero-order valence-electron chi connectivity index (χ0n) is 13.6. The molecule has 19 heavy (non-hydrogen) atoms. The van der Waals surface area contributed by atoms with Gasteiger partial charge in [-0.1, -0.05) is 64.2 Å². The van der Waals surface area contributed by atoms with Crippen LogP contribution in [0.25, 0.3) is 0 Å². The van der Waals surface area contributed by atoms with E-state index < -0.39 is 16.6 Å². The molecule has 0 N–H and O–H groups in total. The Bertz CT molecular complexity index is 255. The molecule has 0 unspecified atom stereocenters. The highest BCUT2D eigenvalue weighted by atomic mass is 28.4. The van der Waals surface area contributed by atoms with Crippen molar-refractivity contribution in [2.75, 3.05) is 0 Å². The third-order valence-electron chi connectivity index (χ3n) is 5.36. The van der Waals surface area contributed by atoms with Gasteiger partial charge in [0, 0.05) is 0 Å². The first-order chi connectivity index (χ1) is 8.92. The zero-order valence-corrected chi connectivity index (χ0v) is 15.6. The third-order valence-corrected chi connectivity index (χ3v) is 14.0. The Morgan fingerprint density at radius 2 is 1.00 bits per heavy atom. The smallest absolute Gasteiger partial charge is 0.182 e. The maximum Gasteiger partial charge on any atom is 0.182 e. The molecule has 3 heteroatoms. The summed E-state index contributed by atoms with van der Waals surface area (Å²) in [7, 11) is -2.92. The summed E-state index contributed by atoms with van der Waals surface area (Å²) in [6.07, 6.45) is 14.7. The predicted molar refractivity (Wildman–Crippen MR) is 89.7 cm³/mol. The van der Waals surface area contributed by atoms with Crippen LogP contribution in [0.2, 0.25) is 37.3 Å². The normalized spacial score (nSPS) is 24.6. The minimum absolute atomic E-state index is 0.969. The molecular formula is C16H34OSi2. The largest absolute Gasteiger partial charge is 0.455 e. The fourth-order valence-corrected chi connectivity index (χ4v) is 14.9. The summed E-state index contributed by atoms with van der Waals surface area (Å²) in [4.78, 5) is 0. The van der Waals surface area contributed by atoms with Gasteiger partial charge in [-0.15, -0.1) is 0 Å². The van der Waals surface area contributed by atoms with Gasteiger partial charge in [-0.25, -0.2) is 0 Å². The van der Waals surface area contributed by atoms with Gasteiger partial charge in [0.2, 0.25) is 0 Å². The van der Waals surface area contributed by atoms with Crippen molar-refractivity contribution in [3.05, 3.63) is 0 Å². The van der Waals surface area contributed by atoms with E-state index >= 15 is 0 Å². The summed E-state index contributed by atoms with van der Waals surface area (Å²) >= 11 is 0. The summed E-state index contributed by atoms with van der Waals surface area (Å²) in [5, 5.41) is 0. The van der Waals surface area contributed by atoms with Crippen molar-refractivity contribution >= 4 is 16.6 Å². The summed E-state index contributed by atoms with van der Waals surface area (Å²) in [6.45, 7) is 9.84. The maximum absolute atomic E-state index is 6.98. The minimum Gasteiger partial charge on any atom is -0.455 e. The average molecular weight is 299 g/mol. The van der Waals surface area contributed by atoms with E-state index in [4.69, 9.17) is 4.12 Å². The molecule has 0 amide bonds. The molecule has 0 aromatic rings. The molecule has 0 aromatic carbocycles. The second-order valence-electron chi connectivity index (χ2n) is 8.07. The average Bonchev–Trinajstić information content (AvgIpc) is 2.39. The van der Waals surface area contributed by atoms with E-state index in [1.54, 1.807) is 0 Å². The van der Waals surface area contributed by atoms with E-state index in [0.29, 0.717) is 0 Å². The van der Waals surface area contributed by atoms with E-state index in [9.17, 15) is 0 Å². The number of hydrogen-bond acceptors (Lipinski definition) is 1. The summed E-state index contributed by atoms with van der Waals surface area (Å²) in [5.41, 5.74) is 1.94. The van der Waals surface area contributed by atoms with E-state index in [0.717, 1.165) is 11.1 Å². The molecule has 0 saturated heterocycles. The van der Waals surface area contributed by atoms with E-state index in [2.05, 4.69) is 26.2 Å². The second-order valence-corrected chi connectivity index (χ2v) is 17.1. The van der Waals surface area contributed by atoms with Crippen LogP contribution in [0.1, 0.15) is 64.2 Å². The zero-order chi connectivity index (χ0) is 13.9. The molecule has 0 heterocycles. The molecule has 0 radical (unpaired) electrons. The lowest BCUT2D eigenvalue weighted by Gasteiger charge is -2.48. The highest BCUT2D eigenvalue weighted by Gasteiger charge is 2.47. The lowest BCUT2D eigenvalue weighted by atomic mass is 9.99. The van der Waals surface area contributed by atoms with Crippen LogP contribution < -0.4 is 0 Å². The standard InChI is InChI=1S/C16H34OSi2/c1-18(2,3)17-19(4,15-11-7-5-8-12-15)16-13-9-6-10-14-16/h15-16H,5-14H2,1-4H3. The van der Waals surface area contributed by atoms with Crippen LogP contribution in [0.4, 0.5) is 0 Å². The molecule has 2 aliphatic carbocycles. The van der Waals surface area contributed by atoms with Crippen molar-refractivity contribution in [3.63, 3.8) is 0 Å². The van der Waals surface area contributed by atoms with Crippen LogP contribution in [0, 0.1) is 0 Å². The Morgan fingerprint density at radius 3 is 1.32 bits per heavy atom. The number of hydrogen-bond donors (Lipinski definition) is 0. The molecular weight excluding hydrogens is 264 g/mol. The predicted octanol–water partition coefficient (Wildman–Crippen LogP) is 6.08. The highest BCUT2D eigenvalue weighted by molar-refractivity contribution is 6.86. The quantitative estimate of drug-likeness (QED) is 0.571. The Kier molecular flexibility index (Phi) is 5.35. The van der Waals surface area contributed by atoms with Crippen molar-refractivity contribution in [2.45, 2.75) is 101 Å². The van der Waals surface area contributed by atoms with Crippen molar-refractivity contribution < 1.29 is 4.12 Å². The van der Waals surface area contributed by atoms with Crippen LogP contribution in [0.15, 0.2) is 0 Å². The SMILES string of the molecule is C[Si](C)(C)O[Si](C)(C1CCCCC1)C1CCCCC1. The van der Waals surface area contributed by atoms with Crippen LogP contribution in [-0.2, 0) is 4.12 Å². The first-order valence-electron chi connectivity index (χ1n) is 8.62. The number of rotatable bonds is 4. The Morgan fingerprint density at radius 1 is 0.632 bits per heavy atom. The lowest BCUT2D eigenvalue weighted by molar-refractivity contribution is 0.386. The molecule has 112 valence electrons. The molecule has 2 rings (SSSR count). The molecule has 0 spiro atoms. The van der Waals surface area contributed by atoms with Crippen LogP contribution in [0.3, 0.4) is 0 Å². The molecule has 0 aromatic heterocycles. The van der Waals surface area contributed by atoms with E-state index in [1.165, 1.54) is 64.2 Å². The van der Waals surface area contributed by atoms with Gasteiger partial charge >= 0.3 is 0 Å². The van der Waals surface area contributed by atoms with Gasteiger partial charge in [-0.2, -0.15) is 0 Å². The molecule has 2 saturated carbocycles. The Labute approximate surface area is 122 Å². The molecule has 2 aliphatic rings. The van der Waals surface area contributed by atoms with Crippen molar-refractivity contribution in [1.29, 1.82) is 0 Å². The van der Waals surface area contributed by atoms with Crippen molar-refractivity contribution in [2.24, 2.45) is 0 Å². The van der Waals surface area contributed by atoms with Gasteiger partial charge in [0.15, 0.2) is 16.6 Å². The fourth-order valence-electron chi connectivity index (χ4n) is 4.51. The Balaban J connectivity index is 2.14. The molecule has 2 fully saturated rings. The van der Waals surface area contributed by atoms with Crippen LogP contribution in [-0.4, -0.2) is 16.6 Å². The monoisotopic (exact) mass is 298 g/mol. The van der Waals surface area contributed by atoms with Crippen molar-refractivity contribution in [3.8, 4) is 0 Å². The fraction of sp³-hybridized carbons (Fsp3) is 1.00. The summed E-state index contributed by atoms with van der Waals surface area (Å²) < 4.78 is 6.98. The van der Waals surface area contributed by atoms with Gasteiger partial charge < -0.3 is 4.12 Å². The highest BCUT2D eigenvalue weighted by Crippen LogP contribution is 2.49. The lowest BCUT2D eigenvalue weighted by Crippen LogP contribution is -2.52. The summed E-state index contributed by atoms with van der Waals surface area (Å²) in [5.74, 6) is 0. The first-order valence-corrected chi connectivity index (χ1v) is 14.6. The Hall–Kier alpha value is 0.394. The van der Waals surface area contributed by atoms with Crippen LogP contribution in [0.5, 0.6) is 0 Å². The van der Waals surface area contributed by atoms with Crippen molar-refractivity contribution in [1.82, 2.24) is 0 Å². The molecule has 0 aliphatic heterocycles. The topological polar surface area (TPSA) is 9.23 Å². The molecule has 0 bridgehead atoms. The molecule has 1 nitrogen and oxygen atoms in total. The van der Waals surface area contributed by atoms with Gasteiger partial charge in [0.25, 0.3) is 0 Å². The minimum atomic E-state index is -1.52. The van der Waals surface area contributed by atoms with Gasteiger partial charge in [-0.3, -0.25) is 0 Å². The third kappa shape index (κ3) is 4.18.